The standard InChI is InChI=1S/C14H9Cl2N3O2/c1-8-4-13(19-21-8)18-14(20)10(7-17)5-9-2-3-11(15)6-12(9)16/h2-6H,1H3,(H,18,19,20)/b10-5-. The quantitative estimate of drug-likeness (QED) is 0.688. The maximum Gasteiger partial charge on any atom is 0.267 e. The molecule has 0 aliphatic rings. The highest BCUT2D eigenvalue weighted by atomic mass is 35.5. The summed E-state index contributed by atoms with van der Waals surface area (Å²) in [6.07, 6.45) is 1.38. The van der Waals surface area contributed by atoms with Crippen molar-refractivity contribution in [3.63, 3.8) is 0 Å². The summed E-state index contributed by atoms with van der Waals surface area (Å²) < 4.78 is 4.83. The van der Waals surface area contributed by atoms with Crippen molar-refractivity contribution in [2.75, 3.05) is 5.32 Å². The van der Waals surface area contributed by atoms with Crippen molar-refractivity contribution in [3.05, 3.63) is 51.2 Å². The molecule has 0 aliphatic heterocycles. The zero-order valence-corrected chi connectivity index (χ0v) is 12.4. The topological polar surface area (TPSA) is 78.9 Å². The zero-order chi connectivity index (χ0) is 15.4. The molecule has 7 heteroatoms. The zero-order valence-electron chi connectivity index (χ0n) is 10.9. The summed E-state index contributed by atoms with van der Waals surface area (Å²) in [5, 5.41) is 16.0. The van der Waals surface area contributed by atoms with Crippen LogP contribution in [-0.4, -0.2) is 11.1 Å². The van der Waals surface area contributed by atoms with Gasteiger partial charge in [-0.25, -0.2) is 0 Å². The second kappa shape index (κ2) is 6.44. The summed E-state index contributed by atoms with van der Waals surface area (Å²) in [6, 6.07) is 8.13. The number of aryl methyl sites for hydroxylation is 1. The minimum atomic E-state index is -0.600. The van der Waals surface area contributed by atoms with Crippen molar-refractivity contribution in [2.24, 2.45) is 0 Å². The van der Waals surface area contributed by atoms with Crippen molar-refractivity contribution in [1.29, 1.82) is 5.26 Å². The summed E-state index contributed by atoms with van der Waals surface area (Å²) >= 11 is 11.8. The van der Waals surface area contributed by atoms with E-state index in [1.54, 1.807) is 25.1 Å². The lowest BCUT2D eigenvalue weighted by Crippen LogP contribution is -2.13. The van der Waals surface area contributed by atoms with Crippen LogP contribution in [0, 0.1) is 18.3 Å². The molecule has 106 valence electrons. The third kappa shape index (κ3) is 3.85. The Kier molecular flexibility index (Phi) is 4.63. The molecule has 0 radical (unpaired) electrons. The summed E-state index contributed by atoms with van der Waals surface area (Å²) in [7, 11) is 0. The smallest absolute Gasteiger partial charge is 0.267 e. The van der Waals surface area contributed by atoms with E-state index in [0.29, 0.717) is 21.4 Å². The highest BCUT2D eigenvalue weighted by Crippen LogP contribution is 2.23. The van der Waals surface area contributed by atoms with Crippen LogP contribution in [-0.2, 0) is 4.79 Å². The van der Waals surface area contributed by atoms with Crippen LogP contribution in [0.2, 0.25) is 10.0 Å². The van der Waals surface area contributed by atoms with Gasteiger partial charge in [-0.15, -0.1) is 0 Å². The van der Waals surface area contributed by atoms with Crippen LogP contribution in [0.15, 0.2) is 34.4 Å². The van der Waals surface area contributed by atoms with Gasteiger partial charge in [-0.3, -0.25) is 4.79 Å². The van der Waals surface area contributed by atoms with Gasteiger partial charge in [0.1, 0.15) is 17.4 Å². The first-order chi connectivity index (χ1) is 9.99. The molecule has 0 bridgehead atoms. The van der Waals surface area contributed by atoms with Gasteiger partial charge in [0.15, 0.2) is 5.82 Å². The van der Waals surface area contributed by atoms with E-state index in [0.717, 1.165) is 0 Å². The van der Waals surface area contributed by atoms with Gasteiger partial charge < -0.3 is 9.84 Å². The fraction of sp³-hybridized carbons (Fsp3) is 0.0714. The number of nitrogens with zero attached hydrogens (tertiary/aromatic N) is 2. The average Bonchev–Trinajstić information content (AvgIpc) is 2.83. The molecule has 0 atom stereocenters. The number of nitriles is 1. The lowest BCUT2D eigenvalue weighted by Gasteiger charge is -2.02. The van der Waals surface area contributed by atoms with E-state index in [1.807, 2.05) is 6.07 Å². The molecule has 5 nitrogen and oxygen atoms in total. The molecule has 2 rings (SSSR count). The maximum absolute atomic E-state index is 12.0. The van der Waals surface area contributed by atoms with Crippen molar-refractivity contribution in [3.8, 4) is 6.07 Å². The molecule has 1 N–H and O–H groups in total. The van der Waals surface area contributed by atoms with E-state index in [-0.39, 0.29) is 11.4 Å². The number of anilines is 1. The molecule has 1 aromatic carbocycles. The predicted molar refractivity (Wildman–Crippen MR) is 79.9 cm³/mol. The van der Waals surface area contributed by atoms with Gasteiger partial charge in [-0.05, 0) is 30.7 Å². The molecule has 1 aromatic heterocycles. The highest BCUT2D eigenvalue weighted by Gasteiger charge is 2.12. The van der Waals surface area contributed by atoms with Gasteiger partial charge in [0, 0.05) is 16.1 Å². The molecular weight excluding hydrogens is 313 g/mol. The van der Waals surface area contributed by atoms with Crippen LogP contribution < -0.4 is 5.32 Å². The summed E-state index contributed by atoms with van der Waals surface area (Å²) in [6.45, 7) is 1.69. The second-order valence-corrected chi connectivity index (χ2v) is 4.96. The fourth-order valence-electron chi connectivity index (χ4n) is 1.53. The monoisotopic (exact) mass is 321 g/mol. The first-order valence-electron chi connectivity index (χ1n) is 5.81. The van der Waals surface area contributed by atoms with Gasteiger partial charge in [0.25, 0.3) is 5.91 Å². The van der Waals surface area contributed by atoms with Gasteiger partial charge in [0.2, 0.25) is 0 Å². The SMILES string of the molecule is Cc1cc(NC(=O)/C(C#N)=C\c2ccc(Cl)cc2Cl)no1. The number of hydrogen-bond acceptors (Lipinski definition) is 4. The number of hydrogen-bond donors (Lipinski definition) is 1. The lowest BCUT2D eigenvalue weighted by molar-refractivity contribution is -0.112. The number of carbonyl (C=O) groups excluding carboxylic acids is 1. The Labute approximate surface area is 130 Å². The van der Waals surface area contributed by atoms with E-state index < -0.39 is 5.91 Å². The Balaban J connectivity index is 2.24. The minimum absolute atomic E-state index is 0.111. The molecule has 1 amide bonds. The third-order valence-electron chi connectivity index (χ3n) is 2.50. The normalized spacial score (nSPS) is 11.0. The number of benzene rings is 1. The Hall–Kier alpha value is -2.29. The van der Waals surface area contributed by atoms with Crippen molar-refractivity contribution in [2.45, 2.75) is 6.92 Å². The number of halogens is 2. The Morgan fingerprint density at radius 3 is 2.76 bits per heavy atom. The van der Waals surface area contributed by atoms with Crippen molar-refractivity contribution in [1.82, 2.24) is 5.16 Å². The van der Waals surface area contributed by atoms with Crippen LogP contribution >= 0.6 is 23.2 Å². The minimum Gasteiger partial charge on any atom is -0.360 e. The molecular formula is C14H9Cl2N3O2. The molecule has 0 saturated carbocycles. The Morgan fingerprint density at radius 1 is 1.43 bits per heavy atom. The second-order valence-electron chi connectivity index (χ2n) is 4.11. The molecule has 0 unspecified atom stereocenters. The number of amides is 1. The summed E-state index contributed by atoms with van der Waals surface area (Å²) in [4.78, 5) is 12.0. The molecule has 0 aliphatic carbocycles. The van der Waals surface area contributed by atoms with E-state index in [4.69, 9.17) is 33.0 Å². The van der Waals surface area contributed by atoms with Crippen LogP contribution in [0.25, 0.3) is 6.08 Å². The average molecular weight is 322 g/mol. The van der Waals surface area contributed by atoms with E-state index in [9.17, 15) is 4.79 Å². The van der Waals surface area contributed by atoms with Crippen molar-refractivity contribution >= 4 is 41.0 Å². The lowest BCUT2D eigenvalue weighted by atomic mass is 10.1. The first kappa shape index (κ1) is 15.1. The van der Waals surface area contributed by atoms with E-state index >= 15 is 0 Å². The van der Waals surface area contributed by atoms with Crippen LogP contribution in [0.4, 0.5) is 5.82 Å². The highest BCUT2D eigenvalue weighted by molar-refractivity contribution is 6.35. The number of carbonyl (C=O) groups is 1. The van der Waals surface area contributed by atoms with Crippen LogP contribution in [0.1, 0.15) is 11.3 Å². The molecule has 0 saturated heterocycles. The first-order valence-corrected chi connectivity index (χ1v) is 6.56. The molecule has 0 fully saturated rings. The molecule has 0 spiro atoms. The molecule has 1 heterocycles. The largest absolute Gasteiger partial charge is 0.360 e. The number of aromatic nitrogens is 1. The Morgan fingerprint density at radius 2 is 2.19 bits per heavy atom. The van der Waals surface area contributed by atoms with Gasteiger partial charge in [-0.1, -0.05) is 34.4 Å². The summed E-state index contributed by atoms with van der Waals surface area (Å²) in [5.74, 6) is 0.186. The van der Waals surface area contributed by atoms with Gasteiger partial charge >= 0.3 is 0 Å². The van der Waals surface area contributed by atoms with Crippen LogP contribution in [0.5, 0.6) is 0 Å². The molecule has 21 heavy (non-hydrogen) atoms. The number of nitrogens with one attached hydrogen (secondary N) is 1. The van der Waals surface area contributed by atoms with E-state index in [2.05, 4.69) is 10.5 Å². The van der Waals surface area contributed by atoms with Crippen molar-refractivity contribution < 1.29 is 9.32 Å². The predicted octanol–water partition coefficient (Wildman–Crippen LogP) is 3.84. The summed E-state index contributed by atoms with van der Waals surface area (Å²) in [5.41, 5.74) is 0.406. The number of rotatable bonds is 3. The third-order valence-corrected chi connectivity index (χ3v) is 3.06. The maximum atomic E-state index is 12.0. The van der Waals surface area contributed by atoms with Gasteiger partial charge in [0.05, 0.1) is 0 Å². The van der Waals surface area contributed by atoms with E-state index in [1.165, 1.54) is 12.1 Å². The fourth-order valence-corrected chi connectivity index (χ4v) is 1.99. The van der Waals surface area contributed by atoms with Gasteiger partial charge in [-0.2, -0.15) is 5.26 Å². The van der Waals surface area contributed by atoms with Crippen LogP contribution in [0.3, 0.4) is 0 Å². The molecule has 2 aromatic rings. The Bertz CT molecular complexity index is 760.